The molecule has 0 spiro atoms. The van der Waals surface area contributed by atoms with Crippen LogP contribution in [-0.4, -0.2) is 63.5 Å². The molecule has 14 nitrogen and oxygen atoms in total. The van der Waals surface area contributed by atoms with Crippen LogP contribution in [0.2, 0.25) is 10.0 Å². The maximum absolute atomic E-state index is 12.9. The van der Waals surface area contributed by atoms with Crippen molar-refractivity contribution in [1.29, 1.82) is 0 Å². The predicted octanol–water partition coefficient (Wildman–Crippen LogP) is 8.25. The average molecular weight is 854 g/mol. The van der Waals surface area contributed by atoms with Crippen molar-refractivity contribution in [1.82, 2.24) is 40.2 Å². The van der Waals surface area contributed by atoms with E-state index < -0.39 is 35.8 Å². The van der Waals surface area contributed by atoms with Crippen LogP contribution in [0.4, 0.5) is 0 Å². The Kier molecular flexibility index (Phi) is 15.7. The van der Waals surface area contributed by atoms with Gasteiger partial charge in [-0.3, -0.25) is 19.2 Å². The summed E-state index contributed by atoms with van der Waals surface area (Å²) in [5.74, 6) is -1.92. The molecule has 16 heteroatoms. The van der Waals surface area contributed by atoms with E-state index in [0.29, 0.717) is 51.5 Å². The number of carboxylic acid groups (broad SMARTS) is 2. The third-order valence-corrected chi connectivity index (χ3v) is 9.91. The van der Waals surface area contributed by atoms with Crippen LogP contribution >= 0.6 is 23.2 Å². The van der Waals surface area contributed by atoms with Gasteiger partial charge in [-0.15, -0.1) is 10.2 Å². The van der Waals surface area contributed by atoms with Crippen molar-refractivity contribution >= 4 is 47.0 Å². The Morgan fingerprint density at radius 2 is 1.05 bits per heavy atom. The van der Waals surface area contributed by atoms with Gasteiger partial charge in [0.2, 0.25) is 11.6 Å². The molecule has 6 aromatic rings. The number of rotatable bonds is 16. The molecule has 0 bridgehead atoms. The molecule has 0 aliphatic heterocycles. The van der Waals surface area contributed by atoms with E-state index in [1.165, 1.54) is 0 Å². The van der Waals surface area contributed by atoms with Crippen LogP contribution in [0.1, 0.15) is 107 Å². The van der Waals surface area contributed by atoms with Gasteiger partial charge >= 0.3 is 11.9 Å². The summed E-state index contributed by atoms with van der Waals surface area (Å²) in [6, 6.07) is 27.7. The van der Waals surface area contributed by atoms with Crippen LogP contribution in [0.15, 0.2) is 97.1 Å². The second-order valence-corrected chi connectivity index (χ2v) is 14.8. The summed E-state index contributed by atoms with van der Waals surface area (Å²) in [4.78, 5) is 57.3. The minimum Gasteiger partial charge on any atom is -0.481 e. The Morgan fingerprint density at radius 3 is 1.50 bits per heavy atom. The minimum absolute atomic E-state index is 0.0256. The first-order chi connectivity index (χ1) is 28.8. The SMILES string of the molecule is CCCc1nc(C(=O)N[C@@H](CC(=O)O)c2ccc(C)cc2)nn1-c1ccccc1Cl.CCCc1nc(C(=O)N[C@@H](CC(=O)O)c2ccccc2C)nn1-c1ccccc1Cl. The van der Waals surface area contributed by atoms with E-state index in [9.17, 15) is 29.4 Å². The Bertz CT molecular complexity index is 2450. The maximum atomic E-state index is 12.9. The maximum Gasteiger partial charge on any atom is 0.305 e. The van der Waals surface area contributed by atoms with E-state index in [1.54, 1.807) is 33.6 Å². The molecule has 0 saturated heterocycles. The zero-order valence-corrected chi connectivity index (χ0v) is 35.1. The van der Waals surface area contributed by atoms with Gasteiger partial charge < -0.3 is 20.8 Å². The molecule has 60 heavy (non-hydrogen) atoms. The summed E-state index contributed by atoms with van der Waals surface area (Å²) in [6.45, 7) is 7.83. The number of amides is 2. The molecule has 0 aliphatic rings. The summed E-state index contributed by atoms with van der Waals surface area (Å²) in [6.07, 6.45) is 2.36. The molecule has 0 saturated carbocycles. The standard InChI is InChI=1S/2C22H23ClN4O3/c1-3-8-19-25-21(26-27(19)18-12-7-6-11-16(18)23)22(30)24-17(13-20(28)29)15-10-5-4-9-14(15)2;1-3-6-19-25-21(26-27(19)18-8-5-4-7-16(18)23)22(30)24-17(13-20(28)29)15-11-9-14(2)10-12-15/h4-7,9-12,17H,3,8,13H2,1-2H3,(H,24,30)(H,28,29);4-5,7-12,17H,3,6,13H2,1-2H3,(H,24,30)(H,28,29)/t2*17-/m00/s1. The monoisotopic (exact) mass is 852 g/mol. The highest BCUT2D eigenvalue weighted by Crippen LogP contribution is 2.25. The lowest BCUT2D eigenvalue weighted by Crippen LogP contribution is -2.31. The summed E-state index contributed by atoms with van der Waals surface area (Å²) >= 11 is 12.6. The van der Waals surface area contributed by atoms with E-state index in [4.69, 9.17) is 23.2 Å². The first-order valence-electron chi connectivity index (χ1n) is 19.4. The minimum atomic E-state index is -1.01. The zero-order chi connectivity index (χ0) is 43.3. The molecule has 2 amide bonds. The van der Waals surface area contributed by atoms with Crippen LogP contribution in [0.3, 0.4) is 0 Å². The van der Waals surface area contributed by atoms with Crippen molar-refractivity contribution in [3.8, 4) is 11.4 Å². The van der Waals surface area contributed by atoms with Gasteiger partial charge in [0.15, 0.2) is 0 Å². The van der Waals surface area contributed by atoms with Crippen molar-refractivity contribution in [3.63, 3.8) is 0 Å². The topological polar surface area (TPSA) is 194 Å². The number of hydrogen-bond donors (Lipinski definition) is 4. The van der Waals surface area contributed by atoms with E-state index in [-0.39, 0.29) is 24.5 Å². The van der Waals surface area contributed by atoms with Crippen molar-refractivity contribution in [2.45, 2.75) is 78.3 Å². The fourth-order valence-corrected chi connectivity index (χ4v) is 6.78. The smallest absolute Gasteiger partial charge is 0.305 e. The van der Waals surface area contributed by atoms with Gasteiger partial charge in [-0.1, -0.05) is 115 Å². The quantitative estimate of drug-likeness (QED) is 0.0737. The van der Waals surface area contributed by atoms with Crippen molar-refractivity contribution in [2.24, 2.45) is 0 Å². The van der Waals surface area contributed by atoms with Crippen LogP contribution in [0, 0.1) is 13.8 Å². The lowest BCUT2D eigenvalue weighted by molar-refractivity contribution is -0.138. The number of aryl methyl sites for hydroxylation is 4. The Morgan fingerprint density at radius 1 is 0.617 bits per heavy atom. The van der Waals surface area contributed by atoms with E-state index in [0.717, 1.165) is 29.5 Å². The van der Waals surface area contributed by atoms with E-state index in [1.807, 2.05) is 100 Å². The Labute approximate surface area is 357 Å². The predicted molar refractivity (Wildman–Crippen MR) is 228 cm³/mol. The van der Waals surface area contributed by atoms with E-state index >= 15 is 0 Å². The number of para-hydroxylation sites is 2. The fraction of sp³-hybridized carbons (Fsp3) is 0.273. The van der Waals surface area contributed by atoms with Gasteiger partial charge in [-0.2, -0.15) is 0 Å². The van der Waals surface area contributed by atoms with Crippen LogP contribution < -0.4 is 10.6 Å². The first-order valence-corrected chi connectivity index (χ1v) is 20.1. The first kappa shape index (κ1) is 44.7. The van der Waals surface area contributed by atoms with E-state index in [2.05, 4.69) is 30.8 Å². The summed E-state index contributed by atoms with van der Waals surface area (Å²) in [5, 5.41) is 33.9. The third-order valence-electron chi connectivity index (χ3n) is 9.27. The van der Waals surface area contributed by atoms with Crippen molar-refractivity contribution < 1.29 is 29.4 Å². The molecule has 0 aliphatic carbocycles. The van der Waals surface area contributed by atoms with Gasteiger partial charge in [0.1, 0.15) is 11.6 Å². The third kappa shape index (κ3) is 11.6. The van der Waals surface area contributed by atoms with Crippen LogP contribution in [0.25, 0.3) is 11.4 Å². The fourth-order valence-electron chi connectivity index (χ4n) is 6.35. The Balaban J connectivity index is 0.000000228. The number of benzene rings is 4. The molecular formula is C44H46Cl2N8O6. The molecule has 0 fully saturated rings. The molecule has 4 aromatic carbocycles. The van der Waals surface area contributed by atoms with Crippen molar-refractivity contribution in [3.05, 3.63) is 153 Å². The number of carbonyl (C=O) groups excluding carboxylic acids is 2. The largest absolute Gasteiger partial charge is 0.481 e. The van der Waals surface area contributed by atoms with Gasteiger partial charge in [0.25, 0.3) is 11.8 Å². The molecular weight excluding hydrogens is 807 g/mol. The molecule has 2 heterocycles. The van der Waals surface area contributed by atoms with Gasteiger partial charge in [0.05, 0.1) is 46.3 Å². The number of nitrogens with one attached hydrogen (secondary N) is 2. The normalized spacial score (nSPS) is 11.8. The number of hydrogen-bond acceptors (Lipinski definition) is 8. The molecule has 2 atom stereocenters. The number of aromatic nitrogens is 6. The Hall–Kier alpha value is -6.38. The summed E-state index contributed by atoms with van der Waals surface area (Å²) in [7, 11) is 0. The van der Waals surface area contributed by atoms with Gasteiger partial charge in [-0.25, -0.2) is 19.3 Å². The molecule has 6 rings (SSSR count). The molecule has 0 unspecified atom stereocenters. The van der Waals surface area contributed by atoms with Crippen molar-refractivity contribution in [2.75, 3.05) is 0 Å². The molecule has 0 radical (unpaired) electrons. The number of carboxylic acids is 2. The lowest BCUT2D eigenvalue weighted by atomic mass is 9.99. The number of carbonyl (C=O) groups is 4. The highest BCUT2D eigenvalue weighted by Gasteiger charge is 2.26. The second-order valence-electron chi connectivity index (χ2n) is 13.9. The second kappa shape index (κ2) is 21.0. The van der Waals surface area contributed by atoms with Gasteiger partial charge in [0, 0.05) is 12.8 Å². The summed E-state index contributed by atoms with van der Waals surface area (Å²) < 4.78 is 3.14. The average Bonchev–Trinajstić information content (AvgIpc) is 3.83. The zero-order valence-electron chi connectivity index (χ0n) is 33.6. The lowest BCUT2D eigenvalue weighted by Gasteiger charge is -2.18. The highest BCUT2D eigenvalue weighted by molar-refractivity contribution is 6.32. The van der Waals surface area contributed by atoms with Gasteiger partial charge in [-0.05, 0) is 67.6 Å². The number of aliphatic carboxylic acids is 2. The van der Waals surface area contributed by atoms with Crippen LogP contribution in [-0.2, 0) is 22.4 Å². The number of nitrogens with zero attached hydrogens (tertiary/aromatic N) is 6. The molecule has 2 aromatic heterocycles. The summed E-state index contributed by atoms with van der Waals surface area (Å²) in [5.41, 5.74) is 4.65. The molecule has 4 N–H and O–H groups in total. The van der Waals surface area contributed by atoms with Crippen LogP contribution in [0.5, 0.6) is 0 Å². The molecule has 312 valence electrons. The number of halogens is 2. The highest BCUT2D eigenvalue weighted by atomic mass is 35.5.